The highest BCUT2D eigenvalue weighted by Gasteiger charge is 2.52. The number of benzene rings is 1. The monoisotopic (exact) mass is 255 g/mol. The fourth-order valence-electron chi connectivity index (χ4n) is 1.88. The molecule has 1 aliphatic carbocycles. The van der Waals surface area contributed by atoms with Crippen LogP contribution >= 0.6 is 0 Å². The van der Waals surface area contributed by atoms with E-state index < -0.39 is 14.7 Å². The second-order valence-corrected chi connectivity index (χ2v) is 6.92. The zero-order valence-electron chi connectivity index (χ0n) is 10.3. The van der Waals surface area contributed by atoms with Crippen LogP contribution in [0.4, 0.5) is 0 Å². The van der Waals surface area contributed by atoms with E-state index in [1.54, 1.807) is 26.2 Å². The SMILES string of the molecule is COc1cc(C)c(S(=O)(=O)C2(N)CC2)cc1C. The van der Waals surface area contributed by atoms with Gasteiger partial charge >= 0.3 is 0 Å². The van der Waals surface area contributed by atoms with E-state index in [1.807, 2.05) is 6.92 Å². The number of nitrogens with two attached hydrogens (primary N) is 1. The topological polar surface area (TPSA) is 69.4 Å². The van der Waals surface area contributed by atoms with Gasteiger partial charge in [-0.1, -0.05) is 0 Å². The molecule has 0 bridgehead atoms. The molecule has 1 aromatic rings. The molecule has 0 unspecified atom stereocenters. The van der Waals surface area contributed by atoms with Gasteiger partial charge < -0.3 is 10.5 Å². The van der Waals surface area contributed by atoms with E-state index in [1.165, 1.54) is 0 Å². The molecular weight excluding hydrogens is 238 g/mol. The van der Waals surface area contributed by atoms with Crippen LogP contribution < -0.4 is 10.5 Å². The zero-order chi connectivity index (χ0) is 12.8. The summed E-state index contributed by atoms with van der Waals surface area (Å²) >= 11 is 0. The number of rotatable bonds is 3. The third-order valence-electron chi connectivity index (χ3n) is 3.26. The average Bonchev–Trinajstić information content (AvgIpc) is 3.01. The Morgan fingerprint density at radius 3 is 2.29 bits per heavy atom. The fraction of sp³-hybridized carbons (Fsp3) is 0.500. The molecule has 1 aliphatic rings. The van der Waals surface area contributed by atoms with Crippen molar-refractivity contribution in [1.29, 1.82) is 0 Å². The number of methoxy groups -OCH3 is 1. The first kappa shape index (κ1) is 12.4. The molecule has 0 radical (unpaired) electrons. The molecule has 4 nitrogen and oxygen atoms in total. The second-order valence-electron chi connectivity index (χ2n) is 4.66. The van der Waals surface area contributed by atoms with Gasteiger partial charge in [0.1, 0.15) is 10.6 Å². The summed E-state index contributed by atoms with van der Waals surface area (Å²) in [4.78, 5) is -0.713. The van der Waals surface area contributed by atoms with Crippen molar-refractivity contribution in [3.05, 3.63) is 23.3 Å². The van der Waals surface area contributed by atoms with Gasteiger partial charge in [0.05, 0.1) is 12.0 Å². The third kappa shape index (κ3) is 1.83. The van der Waals surface area contributed by atoms with E-state index in [0.29, 0.717) is 29.1 Å². The van der Waals surface area contributed by atoms with E-state index in [2.05, 4.69) is 0 Å². The normalized spacial score (nSPS) is 17.9. The highest BCUT2D eigenvalue weighted by molar-refractivity contribution is 7.93. The minimum atomic E-state index is -3.42. The van der Waals surface area contributed by atoms with E-state index >= 15 is 0 Å². The zero-order valence-corrected chi connectivity index (χ0v) is 11.1. The highest BCUT2D eigenvalue weighted by atomic mass is 32.2. The first-order valence-electron chi connectivity index (χ1n) is 5.50. The van der Waals surface area contributed by atoms with Crippen LogP contribution in [0.2, 0.25) is 0 Å². The summed E-state index contributed by atoms with van der Waals surface area (Å²) in [6, 6.07) is 3.39. The van der Waals surface area contributed by atoms with E-state index in [4.69, 9.17) is 10.5 Å². The molecule has 0 aromatic heterocycles. The lowest BCUT2D eigenvalue weighted by Gasteiger charge is -2.15. The molecule has 0 amide bonds. The van der Waals surface area contributed by atoms with Crippen LogP contribution in [0.15, 0.2) is 17.0 Å². The maximum atomic E-state index is 12.3. The summed E-state index contributed by atoms with van der Waals surface area (Å²) in [5.74, 6) is 0.698. The van der Waals surface area contributed by atoms with E-state index in [0.717, 1.165) is 5.56 Å². The molecule has 94 valence electrons. The maximum Gasteiger partial charge on any atom is 0.197 e. The summed E-state index contributed by atoms with van der Waals surface area (Å²) in [5, 5.41) is 0. The Labute approximate surface area is 102 Å². The first-order valence-corrected chi connectivity index (χ1v) is 6.99. The molecule has 1 aromatic carbocycles. The van der Waals surface area contributed by atoms with E-state index in [-0.39, 0.29) is 0 Å². The number of hydrogen-bond acceptors (Lipinski definition) is 4. The molecule has 17 heavy (non-hydrogen) atoms. The van der Waals surface area contributed by atoms with Crippen LogP contribution in [-0.2, 0) is 9.84 Å². The molecule has 1 fully saturated rings. The Balaban J connectivity index is 2.58. The van der Waals surface area contributed by atoms with Crippen LogP contribution in [0, 0.1) is 13.8 Å². The number of aryl methyl sites for hydroxylation is 2. The average molecular weight is 255 g/mol. The minimum Gasteiger partial charge on any atom is -0.496 e. The second kappa shape index (κ2) is 3.71. The van der Waals surface area contributed by atoms with Gasteiger partial charge in [-0.15, -0.1) is 0 Å². The van der Waals surface area contributed by atoms with Crippen molar-refractivity contribution >= 4 is 9.84 Å². The first-order chi connectivity index (χ1) is 7.82. The molecular formula is C12H17NO3S. The third-order valence-corrected chi connectivity index (χ3v) is 5.76. The molecule has 0 aliphatic heterocycles. The number of sulfone groups is 1. The lowest BCUT2D eigenvalue weighted by atomic mass is 10.1. The van der Waals surface area contributed by atoms with Gasteiger partial charge in [-0.25, -0.2) is 8.42 Å². The van der Waals surface area contributed by atoms with Crippen molar-refractivity contribution in [3.63, 3.8) is 0 Å². The Morgan fingerprint density at radius 1 is 1.24 bits per heavy atom. The number of ether oxygens (including phenoxy) is 1. The molecule has 0 heterocycles. The minimum absolute atomic E-state index is 0.329. The summed E-state index contributed by atoms with van der Waals surface area (Å²) in [6.07, 6.45) is 1.08. The Bertz CT molecular complexity index is 559. The van der Waals surface area contributed by atoms with Crippen molar-refractivity contribution in [3.8, 4) is 5.75 Å². The summed E-state index contributed by atoms with van der Waals surface area (Å²) in [6.45, 7) is 3.59. The smallest absolute Gasteiger partial charge is 0.197 e. The van der Waals surface area contributed by atoms with Crippen LogP contribution in [0.25, 0.3) is 0 Å². The predicted octanol–water partition coefficient (Wildman–Crippen LogP) is 1.53. The molecule has 5 heteroatoms. The molecule has 1 saturated carbocycles. The van der Waals surface area contributed by atoms with Crippen molar-refractivity contribution in [1.82, 2.24) is 0 Å². The van der Waals surface area contributed by atoms with Gasteiger partial charge in [0.15, 0.2) is 9.84 Å². The van der Waals surface area contributed by atoms with Gasteiger partial charge in [-0.05, 0) is 49.9 Å². The standard InChI is InChI=1S/C12H17NO3S/c1-8-7-11(9(2)6-10(8)16-3)17(14,15)12(13)4-5-12/h6-7H,4-5,13H2,1-3H3. The fourth-order valence-corrected chi connectivity index (χ4v) is 3.78. The van der Waals surface area contributed by atoms with Gasteiger partial charge in [0.2, 0.25) is 0 Å². The van der Waals surface area contributed by atoms with Gasteiger partial charge in [-0.2, -0.15) is 0 Å². The van der Waals surface area contributed by atoms with Crippen LogP contribution in [0.3, 0.4) is 0 Å². The predicted molar refractivity (Wildman–Crippen MR) is 65.8 cm³/mol. The van der Waals surface area contributed by atoms with Crippen molar-refractivity contribution in [2.75, 3.05) is 7.11 Å². The number of hydrogen-bond donors (Lipinski definition) is 1. The molecule has 2 N–H and O–H groups in total. The molecule has 0 spiro atoms. The quantitative estimate of drug-likeness (QED) is 0.889. The molecule has 0 saturated heterocycles. The van der Waals surface area contributed by atoms with E-state index in [9.17, 15) is 8.42 Å². The Morgan fingerprint density at radius 2 is 1.82 bits per heavy atom. The van der Waals surface area contributed by atoms with Crippen LogP contribution in [-0.4, -0.2) is 20.4 Å². The molecule has 0 atom stereocenters. The summed E-state index contributed by atoms with van der Waals surface area (Å²) in [7, 11) is -1.85. The van der Waals surface area contributed by atoms with Gasteiger partial charge in [-0.3, -0.25) is 0 Å². The largest absolute Gasteiger partial charge is 0.496 e. The van der Waals surface area contributed by atoms with Crippen LogP contribution in [0.5, 0.6) is 5.75 Å². The highest BCUT2D eigenvalue weighted by Crippen LogP contribution is 2.43. The van der Waals surface area contributed by atoms with Gasteiger partial charge in [0.25, 0.3) is 0 Å². The summed E-state index contributed by atoms with van der Waals surface area (Å²) < 4.78 is 29.8. The Kier molecular flexibility index (Phi) is 2.71. The molecule has 2 rings (SSSR count). The Hall–Kier alpha value is -1.07. The lowest BCUT2D eigenvalue weighted by Crippen LogP contribution is -2.33. The van der Waals surface area contributed by atoms with Crippen LogP contribution in [0.1, 0.15) is 24.0 Å². The van der Waals surface area contributed by atoms with Crippen molar-refractivity contribution in [2.24, 2.45) is 5.73 Å². The summed E-state index contributed by atoms with van der Waals surface area (Å²) in [5.41, 5.74) is 7.32. The van der Waals surface area contributed by atoms with Crippen molar-refractivity contribution < 1.29 is 13.2 Å². The maximum absolute atomic E-state index is 12.3. The van der Waals surface area contributed by atoms with Crippen molar-refractivity contribution in [2.45, 2.75) is 36.5 Å². The van der Waals surface area contributed by atoms with Gasteiger partial charge in [0, 0.05) is 0 Å². The lowest BCUT2D eigenvalue weighted by molar-refractivity contribution is 0.411.